The van der Waals surface area contributed by atoms with Gasteiger partial charge in [-0.25, -0.2) is 13.5 Å². The number of nitrogens with zero attached hydrogens (tertiary/aromatic N) is 2. The second-order valence-corrected chi connectivity index (χ2v) is 4.90. The molecule has 0 amide bonds. The molecule has 0 aliphatic rings. The molecule has 0 aliphatic carbocycles. The van der Waals surface area contributed by atoms with E-state index in [1.807, 2.05) is 0 Å². The van der Waals surface area contributed by atoms with Crippen molar-refractivity contribution in [3.63, 3.8) is 0 Å². The molecule has 0 unspecified atom stereocenters. The van der Waals surface area contributed by atoms with Crippen LogP contribution in [0.4, 0.5) is 8.78 Å². The van der Waals surface area contributed by atoms with Gasteiger partial charge in [0.1, 0.15) is 28.2 Å². The predicted octanol–water partition coefficient (Wildman–Crippen LogP) is 4.28. The molecule has 0 radical (unpaired) electrons. The smallest absolute Gasteiger partial charge is 0.155 e. The molecule has 110 valence electrons. The van der Waals surface area contributed by atoms with Crippen molar-refractivity contribution in [2.24, 2.45) is 0 Å². The molecule has 3 nitrogen and oxygen atoms in total. The second-order valence-electron chi connectivity index (χ2n) is 4.54. The number of carbonyl (C=O) groups excluding carboxylic acids is 1. The first kappa shape index (κ1) is 14.4. The van der Waals surface area contributed by atoms with Crippen molar-refractivity contribution >= 4 is 17.9 Å². The Morgan fingerprint density at radius 2 is 1.86 bits per heavy atom. The van der Waals surface area contributed by atoms with Crippen LogP contribution in [0.15, 0.2) is 48.5 Å². The highest BCUT2D eigenvalue weighted by Gasteiger charge is 2.20. The third kappa shape index (κ3) is 2.40. The maximum absolute atomic E-state index is 13.9. The quantitative estimate of drug-likeness (QED) is 0.675. The van der Waals surface area contributed by atoms with E-state index >= 15 is 0 Å². The molecule has 3 aromatic rings. The van der Waals surface area contributed by atoms with Crippen LogP contribution in [0.2, 0.25) is 5.15 Å². The lowest BCUT2D eigenvalue weighted by Gasteiger charge is -2.03. The highest BCUT2D eigenvalue weighted by molar-refractivity contribution is 6.32. The summed E-state index contributed by atoms with van der Waals surface area (Å²) in [7, 11) is 0. The van der Waals surface area contributed by atoms with E-state index < -0.39 is 11.6 Å². The molecule has 0 saturated carbocycles. The van der Waals surface area contributed by atoms with E-state index in [0.717, 1.165) is 4.68 Å². The minimum absolute atomic E-state index is 0.0284. The topological polar surface area (TPSA) is 34.9 Å². The van der Waals surface area contributed by atoms with Crippen LogP contribution in [0.1, 0.15) is 10.4 Å². The van der Waals surface area contributed by atoms with E-state index in [1.54, 1.807) is 12.1 Å². The molecular weight excluding hydrogens is 310 g/mol. The van der Waals surface area contributed by atoms with Crippen molar-refractivity contribution in [1.29, 1.82) is 0 Å². The average Bonchev–Trinajstić information content (AvgIpc) is 2.84. The molecule has 0 saturated heterocycles. The van der Waals surface area contributed by atoms with Crippen molar-refractivity contribution in [3.8, 4) is 16.9 Å². The lowest BCUT2D eigenvalue weighted by atomic mass is 10.1. The van der Waals surface area contributed by atoms with Gasteiger partial charge in [0, 0.05) is 5.56 Å². The Morgan fingerprint density at radius 1 is 1.09 bits per heavy atom. The summed E-state index contributed by atoms with van der Waals surface area (Å²) in [5.41, 5.74) is 0.774. The maximum Gasteiger partial charge on any atom is 0.155 e. The zero-order valence-electron chi connectivity index (χ0n) is 11.1. The third-order valence-corrected chi connectivity index (χ3v) is 3.52. The summed E-state index contributed by atoms with van der Waals surface area (Å²) in [4.78, 5) is 11.3. The number of benzene rings is 2. The molecule has 0 bridgehead atoms. The predicted molar refractivity (Wildman–Crippen MR) is 79.3 cm³/mol. The van der Waals surface area contributed by atoms with Crippen LogP contribution in [0.25, 0.3) is 16.9 Å². The Hall–Kier alpha value is -2.53. The van der Waals surface area contributed by atoms with Crippen LogP contribution in [0, 0.1) is 11.6 Å². The standard InChI is InChI=1S/C16H9ClF2N2O/c17-16-12(9-22)15(10-4-3-5-11(18)8-10)20-21(16)14-7-2-1-6-13(14)19/h1-9H. The Balaban J connectivity index is 2.24. The Bertz CT molecular complexity index is 861. The summed E-state index contributed by atoms with van der Waals surface area (Å²) in [5, 5.41) is 4.14. The summed E-state index contributed by atoms with van der Waals surface area (Å²) in [5.74, 6) is -0.999. The molecule has 0 fully saturated rings. The average molecular weight is 319 g/mol. The van der Waals surface area contributed by atoms with Crippen molar-refractivity contribution < 1.29 is 13.6 Å². The molecule has 1 aromatic heterocycles. The molecule has 0 N–H and O–H groups in total. The minimum Gasteiger partial charge on any atom is -0.298 e. The molecule has 3 rings (SSSR count). The zero-order valence-corrected chi connectivity index (χ0v) is 11.9. The zero-order chi connectivity index (χ0) is 15.7. The number of aldehydes is 1. The number of hydrogen-bond acceptors (Lipinski definition) is 2. The van der Waals surface area contributed by atoms with Crippen LogP contribution < -0.4 is 0 Å². The van der Waals surface area contributed by atoms with Crippen LogP contribution in [0.5, 0.6) is 0 Å². The van der Waals surface area contributed by atoms with Gasteiger partial charge in [0.2, 0.25) is 0 Å². The first-order valence-corrected chi connectivity index (χ1v) is 6.74. The fourth-order valence-electron chi connectivity index (χ4n) is 2.15. The Labute approximate surface area is 129 Å². The first-order valence-electron chi connectivity index (χ1n) is 6.36. The van der Waals surface area contributed by atoms with Crippen LogP contribution in [0.3, 0.4) is 0 Å². The second kappa shape index (κ2) is 5.69. The number of halogens is 3. The van der Waals surface area contributed by atoms with Gasteiger partial charge >= 0.3 is 0 Å². The van der Waals surface area contributed by atoms with E-state index in [2.05, 4.69) is 5.10 Å². The molecule has 1 heterocycles. The van der Waals surface area contributed by atoms with Crippen molar-refractivity contribution in [2.45, 2.75) is 0 Å². The Kier molecular flexibility index (Phi) is 3.73. The van der Waals surface area contributed by atoms with Crippen LogP contribution >= 0.6 is 11.6 Å². The normalized spacial score (nSPS) is 10.7. The summed E-state index contributed by atoms with van der Waals surface area (Å²) in [6.07, 6.45) is 0.521. The van der Waals surface area contributed by atoms with Crippen molar-refractivity contribution in [1.82, 2.24) is 9.78 Å². The summed E-state index contributed by atoms with van der Waals surface area (Å²) >= 11 is 6.13. The Morgan fingerprint density at radius 3 is 2.55 bits per heavy atom. The highest BCUT2D eigenvalue weighted by Crippen LogP contribution is 2.30. The van der Waals surface area contributed by atoms with Gasteiger partial charge in [0.05, 0.1) is 5.56 Å². The monoisotopic (exact) mass is 318 g/mol. The lowest BCUT2D eigenvalue weighted by molar-refractivity contribution is 0.112. The van der Waals surface area contributed by atoms with Gasteiger partial charge in [-0.1, -0.05) is 35.9 Å². The van der Waals surface area contributed by atoms with Crippen LogP contribution in [-0.4, -0.2) is 16.1 Å². The van der Waals surface area contributed by atoms with Gasteiger partial charge in [-0.15, -0.1) is 0 Å². The van der Waals surface area contributed by atoms with Crippen molar-refractivity contribution in [3.05, 3.63) is 70.9 Å². The summed E-state index contributed by atoms with van der Waals surface area (Å²) in [6, 6.07) is 11.5. The number of aromatic nitrogens is 2. The molecule has 0 spiro atoms. The largest absolute Gasteiger partial charge is 0.298 e. The van der Waals surface area contributed by atoms with Gasteiger partial charge < -0.3 is 0 Å². The molecule has 0 aliphatic heterocycles. The van der Waals surface area contributed by atoms with Crippen molar-refractivity contribution in [2.75, 3.05) is 0 Å². The third-order valence-electron chi connectivity index (χ3n) is 3.16. The highest BCUT2D eigenvalue weighted by atomic mass is 35.5. The van der Waals surface area contributed by atoms with E-state index in [0.29, 0.717) is 11.8 Å². The van der Waals surface area contributed by atoms with E-state index in [-0.39, 0.29) is 22.1 Å². The maximum atomic E-state index is 13.9. The molecule has 2 aromatic carbocycles. The molecule has 6 heteroatoms. The van der Waals surface area contributed by atoms with Gasteiger partial charge in [-0.3, -0.25) is 4.79 Å². The summed E-state index contributed by atoms with van der Waals surface area (Å²) < 4.78 is 28.4. The van der Waals surface area contributed by atoms with E-state index in [9.17, 15) is 13.6 Å². The molecule has 0 atom stereocenters. The number of carbonyl (C=O) groups is 1. The fourth-order valence-corrected chi connectivity index (χ4v) is 2.41. The van der Waals surface area contributed by atoms with Crippen LogP contribution in [-0.2, 0) is 0 Å². The number of rotatable bonds is 3. The molecule has 22 heavy (non-hydrogen) atoms. The summed E-state index contributed by atoms with van der Waals surface area (Å²) in [6.45, 7) is 0. The SMILES string of the molecule is O=Cc1c(-c2cccc(F)c2)nn(-c2ccccc2F)c1Cl. The first-order chi connectivity index (χ1) is 10.6. The van der Waals surface area contributed by atoms with E-state index in [1.165, 1.54) is 36.4 Å². The lowest BCUT2D eigenvalue weighted by Crippen LogP contribution is -1.99. The van der Waals surface area contributed by atoms with Gasteiger partial charge in [0.25, 0.3) is 0 Å². The fraction of sp³-hybridized carbons (Fsp3) is 0. The number of para-hydroxylation sites is 1. The van der Waals surface area contributed by atoms with Gasteiger partial charge in [0.15, 0.2) is 6.29 Å². The minimum atomic E-state index is -0.532. The number of hydrogen-bond donors (Lipinski definition) is 0. The van der Waals surface area contributed by atoms with Gasteiger partial charge in [-0.2, -0.15) is 5.10 Å². The van der Waals surface area contributed by atoms with E-state index in [4.69, 9.17) is 11.6 Å². The molecular formula is C16H9ClF2N2O. The van der Waals surface area contributed by atoms with Gasteiger partial charge in [-0.05, 0) is 24.3 Å².